The summed E-state index contributed by atoms with van der Waals surface area (Å²) >= 11 is 5.11. The lowest BCUT2D eigenvalue weighted by molar-refractivity contribution is -0.187. The fourth-order valence-electron chi connectivity index (χ4n) is 8.35. The van der Waals surface area contributed by atoms with Crippen LogP contribution in [0, 0.1) is 10.8 Å². The van der Waals surface area contributed by atoms with Gasteiger partial charge in [0.2, 0.25) is 17.1 Å². The van der Waals surface area contributed by atoms with Crippen molar-refractivity contribution in [1.82, 2.24) is 10.6 Å². The Kier molecular flexibility index (Phi) is 22.9. The van der Waals surface area contributed by atoms with Gasteiger partial charge in [-0.25, -0.2) is 0 Å². The van der Waals surface area contributed by atoms with E-state index in [4.69, 9.17) is 59.3 Å². The quantitative estimate of drug-likeness (QED) is 0.0466. The van der Waals surface area contributed by atoms with Crippen LogP contribution in [-0.4, -0.2) is 139 Å². The van der Waals surface area contributed by atoms with Crippen molar-refractivity contribution in [1.29, 1.82) is 0 Å². The molecular weight excluding hydrogens is 960 g/mol. The lowest BCUT2D eigenvalue weighted by atomic mass is 9.85. The van der Waals surface area contributed by atoms with Crippen LogP contribution >= 0.6 is 11.6 Å². The van der Waals surface area contributed by atoms with E-state index in [-0.39, 0.29) is 87.7 Å². The van der Waals surface area contributed by atoms with Crippen molar-refractivity contribution in [3.63, 3.8) is 0 Å². The van der Waals surface area contributed by atoms with Gasteiger partial charge in [-0.05, 0) is 93.8 Å². The monoisotopic (exact) mass is 1050 g/mol. The minimum Gasteiger partial charge on any atom is -0.458 e. The zero-order chi connectivity index (χ0) is 54.4. The molecule has 0 saturated carbocycles. The third kappa shape index (κ3) is 23.9. The van der Waals surface area contributed by atoms with E-state index in [0.29, 0.717) is 39.3 Å². The Morgan fingerprint density at radius 3 is 1.36 bits per heavy atom. The molecule has 6 heterocycles. The van der Waals surface area contributed by atoms with E-state index in [9.17, 15) is 19.2 Å². The van der Waals surface area contributed by atoms with Crippen molar-refractivity contribution in [2.24, 2.45) is 10.8 Å². The number of rotatable bonds is 15. The van der Waals surface area contributed by atoms with Crippen LogP contribution in [0.4, 0.5) is 0 Å². The molecule has 16 nitrogen and oxygen atoms in total. The third-order valence-electron chi connectivity index (χ3n) is 12.3. The molecule has 73 heavy (non-hydrogen) atoms. The van der Waals surface area contributed by atoms with Crippen LogP contribution in [0.2, 0.25) is 0 Å². The lowest BCUT2D eigenvalue weighted by Crippen LogP contribution is -2.46. The van der Waals surface area contributed by atoms with Gasteiger partial charge in [0.25, 0.3) is 0 Å². The Balaban J connectivity index is 0.000000283. The van der Waals surface area contributed by atoms with Crippen molar-refractivity contribution in [3.05, 3.63) is 71.9 Å². The van der Waals surface area contributed by atoms with Gasteiger partial charge in [0, 0.05) is 56.1 Å². The smallest absolute Gasteiger partial charge is 0.311 e. The fraction of sp³-hybridized carbons (Fsp3) is 0.714. The first-order valence-electron chi connectivity index (χ1n) is 25.7. The molecule has 6 aliphatic rings. The number of nitrogens with one attached hydrogen (secondary N) is 2. The molecular formula is C56H87ClN2O14. The van der Waals surface area contributed by atoms with Gasteiger partial charge in [-0.3, -0.25) is 19.2 Å². The maximum absolute atomic E-state index is 12.2. The maximum atomic E-state index is 12.2. The minimum absolute atomic E-state index is 0.0111. The summed E-state index contributed by atoms with van der Waals surface area (Å²) in [6.07, 6.45) is 21.5. The second-order valence-corrected chi connectivity index (χ2v) is 23.9. The van der Waals surface area contributed by atoms with E-state index in [2.05, 4.69) is 74.8 Å². The van der Waals surface area contributed by atoms with Crippen molar-refractivity contribution < 1.29 is 66.9 Å². The SMILES string of the molecule is CC(/C=C/[C@@H]1C[C@]2(CO2)CC(C)(C)O1)=C\CC1OCC(NC(=O)/C=C\[C@H](C)O)CO1.CC(/C=C/[C@@H]1C[C@]2(CO2)CC(C)(C)O1)=C\CC1OCC(NC(=O)/C=C\[C@H](C)OC(=O)C(C)(C)C)CO1.CC(C)(C)C(=O)Cl. The summed E-state index contributed by atoms with van der Waals surface area (Å²) in [6, 6.07) is -0.430. The predicted octanol–water partition coefficient (Wildman–Crippen LogP) is 8.20. The summed E-state index contributed by atoms with van der Waals surface area (Å²) in [4.78, 5) is 46.1. The van der Waals surface area contributed by atoms with Gasteiger partial charge in [0.15, 0.2) is 12.6 Å². The maximum Gasteiger partial charge on any atom is 0.311 e. The average Bonchev–Trinajstić information content (AvgIpc) is 4.21. The summed E-state index contributed by atoms with van der Waals surface area (Å²) in [5.41, 5.74) is 0.973. The van der Waals surface area contributed by atoms with Crippen LogP contribution < -0.4 is 10.6 Å². The molecule has 0 unspecified atom stereocenters. The lowest BCUT2D eigenvalue weighted by Gasteiger charge is -2.38. The van der Waals surface area contributed by atoms with Gasteiger partial charge in [-0.1, -0.05) is 74.4 Å². The number of aliphatic hydroxyl groups excluding tert-OH is 1. The van der Waals surface area contributed by atoms with Gasteiger partial charge in [-0.15, -0.1) is 0 Å². The molecule has 17 heteroatoms. The standard InChI is InChI=1S/C28H43NO7.C23H35NO6.C5H9ClO/c1-19(8-11-22-14-28(18-34-28)17-27(6,7)36-22)9-13-24-32-15-21(16-33-24)29-23(30)12-10-20(2)35-25(31)26(3,4)5;1-16(5-8-19-11-23(15-29-23)14-22(3,4)30-19)6-10-21-27-12-18(13-28-21)24-20(26)9-7-17(2)25;1-5(2,3)4(6)7/h8-12,20-22,24H,13-18H2,1-7H3,(H,29,30);5-9,17-19,21,25H,10-15H2,1-4H3,(H,24,26);1-3H3/b11-8+,12-10-,19-9+;8-5+,9-7-,16-6+;/t20-,21?,22+,24?,28+;17-,18?,19+,21?,23+;/m00./s1. The van der Waals surface area contributed by atoms with Crippen molar-refractivity contribution >= 4 is 34.6 Å². The highest BCUT2D eigenvalue weighted by molar-refractivity contribution is 6.64. The Morgan fingerprint density at radius 2 is 1.03 bits per heavy atom. The topological polar surface area (TPSA) is 202 Å². The first kappa shape index (κ1) is 62.0. The molecule has 6 atom stereocenters. The molecule has 3 N–H and O–H groups in total. The van der Waals surface area contributed by atoms with Gasteiger partial charge in [0.05, 0.1) is 97.9 Å². The number of aliphatic hydroxyl groups is 1. The molecule has 0 aromatic carbocycles. The molecule has 0 aromatic heterocycles. The molecule has 2 spiro atoms. The highest BCUT2D eigenvalue weighted by Gasteiger charge is 2.54. The largest absolute Gasteiger partial charge is 0.458 e. The fourth-order valence-corrected chi connectivity index (χ4v) is 8.35. The molecule has 6 saturated heterocycles. The Morgan fingerprint density at radius 1 is 0.658 bits per heavy atom. The summed E-state index contributed by atoms with van der Waals surface area (Å²) in [5.74, 6) is -0.858. The number of esters is 1. The van der Waals surface area contributed by atoms with Gasteiger partial charge < -0.3 is 58.4 Å². The highest BCUT2D eigenvalue weighted by Crippen LogP contribution is 2.47. The van der Waals surface area contributed by atoms with Gasteiger partial charge >= 0.3 is 5.97 Å². The molecule has 6 aliphatic heterocycles. The normalized spacial score (nSPS) is 31.1. The molecule has 0 bridgehead atoms. The number of amides is 2. The molecule has 0 aromatic rings. The first-order valence-corrected chi connectivity index (χ1v) is 26.1. The molecule has 6 fully saturated rings. The Labute approximate surface area is 440 Å². The van der Waals surface area contributed by atoms with Crippen LogP contribution in [0.25, 0.3) is 0 Å². The molecule has 2 amide bonds. The second-order valence-electron chi connectivity index (χ2n) is 23.6. The minimum atomic E-state index is -0.651. The van der Waals surface area contributed by atoms with Crippen molar-refractivity contribution in [2.45, 2.75) is 207 Å². The highest BCUT2D eigenvalue weighted by atomic mass is 35.5. The number of carbonyl (C=O) groups excluding carboxylic acids is 4. The number of ether oxygens (including phenoxy) is 9. The first-order chi connectivity index (χ1) is 33.8. The molecule has 0 radical (unpaired) electrons. The summed E-state index contributed by atoms with van der Waals surface area (Å²) < 4.78 is 52.0. The van der Waals surface area contributed by atoms with E-state index in [0.717, 1.165) is 50.0 Å². The molecule has 412 valence electrons. The van der Waals surface area contributed by atoms with Crippen molar-refractivity contribution in [2.75, 3.05) is 39.6 Å². The third-order valence-corrected chi connectivity index (χ3v) is 12.8. The number of hydrogen-bond acceptors (Lipinski definition) is 14. The summed E-state index contributed by atoms with van der Waals surface area (Å²) in [7, 11) is 0. The van der Waals surface area contributed by atoms with Crippen LogP contribution in [0.5, 0.6) is 0 Å². The Bertz CT molecular complexity index is 2010. The molecule has 6 rings (SSSR count). The predicted molar refractivity (Wildman–Crippen MR) is 279 cm³/mol. The van der Waals surface area contributed by atoms with Gasteiger partial charge in [-0.2, -0.15) is 0 Å². The van der Waals surface area contributed by atoms with Gasteiger partial charge in [0.1, 0.15) is 6.10 Å². The summed E-state index contributed by atoms with van der Waals surface area (Å²) in [5, 5.41) is 14.5. The van der Waals surface area contributed by atoms with E-state index < -0.39 is 17.6 Å². The average molecular weight is 1050 g/mol. The van der Waals surface area contributed by atoms with E-state index in [1.807, 2.05) is 13.8 Å². The van der Waals surface area contributed by atoms with Crippen LogP contribution in [-0.2, 0) is 61.8 Å². The number of carbonyl (C=O) groups is 4. The van der Waals surface area contributed by atoms with E-state index >= 15 is 0 Å². The zero-order valence-corrected chi connectivity index (χ0v) is 46.8. The summed E-state index contributed by atoms with van der Waals surface area (Å²) in [6.45, 7) is 29.8. The van der Waals surface area contributed by atoms with Crippen LogP contribution in [0.3, 0.4) is 0 Å². The number of allylic oxidation sites excluding steroid dienone is 4. The van der Waals surface area contributed by atoms with E-state index in [1.54, 1.807) is 61.5 Å². The van der Waals surface area contributed by atoms with E-state index in [1.165, 1.54) is 18.2 Å². The van der Waals surface area contributed by atoms with Crippen LogP contribution in [0.1, 0.15) is 135 Å². The number of hydrogen-bond donors (Lipinski definition) is 3. The number of epoxide rings is 2. The van der Waals surface area contributed by atoms with Crippen LogP contribution in [0.15, 0.2) is 71.9 Å². The second kappa shape index (κ2) is 27.0. The van der Waals surface area contributed by atoms with Crippen molar-refractivity contribution in [3.8, 4) is 0 Å². The Hall–Kier alpha value is -3.55. The molecule has 0 aliphatic carbocycles. The number of halogens is 1. The zero-order valence-electron chi connectivity index (χ0n) is 46.0.